The molecule has 1 rings (SSSR count). The molecule has 0 atom stereocenters. The summed E-state index contributed by atoms with van der Waals surface area (Å²) < 4.78 is 5.48. The van der Waals surface area contributed by atoms with Crippen LogP contribution in [0.15, 0.2) is 18.2 Å². The van der Waals surface area contributed by atoms with Gasteiger partial charge in [-0.15, -0.1) is 0 Å². The van der Waals surface area contributed by atoms with Gasteiger partial charge in [0.05, 0.1) is 18.6 Å². The number of nitrogens with one attached hydrogen (secondary N) is 1. The SMILES string of the molecule is CCCCOc1ccc(C(=O)NCCSSCCC(=O)O)c(O)c1. The number of hydrogen-bond acceptors (Lipinski definition) is 6. The largest absolute Gasteiger partial charge is 0.507 e. The Kier molecular flexibility index (Phi) is 10.2. The molecule has 0 fully saturated rings. The summed E-state index contributed by atoms with van der Waals surface area (Å²) in [5.41, 5.74) is 0.210. The number of aromatic hydroxyl groups is 1. The van der Waals surface area contributed by atoms with E-state index < -0.39 is 5.97 Å². The number of phenols is 1. The van der Waals surface area contributed by atoms with Gasteiger partial charge in [-0.05, 0) is 18.6 Å². The molecule has 24 heavy (non-hydrogen) atoms. The number of carbonyl (C=O) groups excluding carboxylic acids is 1. The van der Waals surface area contributed by atoms with Crippen LogP contribution in [0.4, 0.5) is 0 Å². The number of aliphatic carboxylic acids is 1. The van der Waals surface area contributed by atoms with E-state index in [1.54, 1.807) is 12.1 Å². The number of unbranched alkanes of at least 4 members (excludes halogenated alkanes) is 1. The minimum absolute atomic E-state index is 0.106. The number of rotatable bonds is 12. The van der Waals surface area contributed by atoms with Gasteiger partial charge in [0, 0.05) is 24.1 Å². The average Bonchev–Trinajstić information content (AvgIpc) is 2.54. The molecule has 0 bridgehead atoms. The molecular formula is C16H23NO5S2. The molecule has 0 radical (unpaired) electrons. The summed E-state index contributed by atoms with van der Waals surface area (Å²) in [7, 11) is 2.97. The summed E-state index contributed by atoms with van der Waals surface area (Å²) in [6.07, 6.45) is 2.09. The molecule has 0 unspecified atom stereocenters. The Morgan fingerprint density at radius 1 is 1.25 bits per heavy atom. The minimum atomic E-state index is -0.811. The van der Waals surface area contributed by atoms with Gasteiger partial charge in [0.1, 0.15) is 11.5 Å². The van der Waals surface area contributed by atoms with Gasteiger partial charge in [0.25, 0.3) is 5.91 Å². The smallest absolute Gasteiger partial charge is 0.304 e. The van der Waals surface area contributed by atoms with Crippen LogP contribution in [-0.4, -0.2) is 46.7 Å². The lowest BCUT2D eigenvalue weighted by Gasteiger charge is -2.09. The molecule has 8 heteroatoms. The molecule has 3 N–H and O–H groups in total. The molecule has 0 saturated heterocycles. The summed E-state index contributed by atoms with van der Waals surface area (Å²) in [6.45, 7) is 3.09. The lowest BCUT2D eigenvalue weighted by Crippen LogP contribution is -2.25. The van der Waals surface area contributed by atoms with E-state index in [0.29, 0.717) is 30.4 Å². The van der Waals surface area contributed by atoms with Crippen LogP contribution in [0.2, 0.25) is 0 Å². The van der Waals surface area contributed by atoms with Crippen molar-refractivity contribution >= 4 is 33.5 Å². The second kappa shape index (κ2) is 11.9. The zero-order chi connectivity index (χ0) is 17.8. The van der Waals surface area contributed by atoms with Crippen molar-refractivity contribution in [3.05, 3.63) is 23.8 Å². The van der Waals surface area contributed by atoms with Gasteiger partial charge in [0.2, 0.25) is 0 Å². The van der Waals surface area contributed by atoms with Gasteiger partial charge in [0.15, 0.2) is 0 Å². The molecular weight excluding hydrogens is 350 g/mol. The summed E-state index contributed by atoms with van der Waals surface area (Å²) in [6, 6.07) is 4.66. The van der Waals surface area contributed by atoms with Crippen LogP contribution in [0.25, 0.3) is 0 Å². The number of carbonyl (C=O) groups is 2. The maximum Gasteiger partial charge on any atom is 0.304 e. The third-order valence-corrected chi connectivity index (χ3v) is 5.34. The Labute approximate surface area is 149 Å². The predicted molar refractivity (Wildman–Crippen MR) is 98.0 cm³/mol. The molecule has 1 aromatic carbocycles. The highest BCUT2D eigenvalue weighted by Crippen LogP contribution is 2.24. The second-order valence-corrected chi connectivity index (χ2v) is 7.63. The summed E-state index contributed by atoms with van der Waals surface area (Å²) >= 11 is 0. The molecule has 0 heterocycles. The molecule has 134 valence electrons. The van der Waals surface area contributed by atoms with Crippen LogP contribution < -0.4 is 10.1 Å². The van der Waals surface area contributed by atoms with Crippen LogP contribution in [-0.2, 0) is 4.79 Å². The molecule has 6 nitrogen and oxygen atoms in total. The van der Waals surface area contributed by atoms with Crippen molar-refractivity contribution in [3.8, 4) is 11.5 Å². The van der Waals surface area contributed by atoms with Gasteiger partial charge in [-0.1, -0.05) is 34.9 Å². The number of hydrogen-bond donors (Lipinski definition) is 3. The molecule has 0 saturated carbocycles. The molecule has 0 aliphatic carbocycles. The Morgan fingerprint density at radius 3 is 2.67 bits per heavy atom. The van der Waals surface area contributed by atoms with Crippen molar-refractivity contribution in [2.45, 2.75) is 26.2 Å². The van der Waals surface area contributed by atoms with Crippen LogP contribution in [0.3, 0.4) is 0 Å². The fourth-order valence-electron chi connectivity index (χ4n) is 1.68. The zero-order valence-electron chi connectivity index (χ0n) is 13.6. The highest BCUT2D eigenvalue weighted by atomic mass is 33.1. The minimum Gasteiger partial charge on any atom is -0.507 e. The quantitative estimate of drug-likeness (QED) is 0.382. The summed E-state index contributed by atoms with van der Waals surface area (Å²) in [5.74, 6) is 0.481. The number of benzene rings is 1. The van der Waals surface area contributed by atoms with Gasteiger partial charge in [-0.3, -0.25) is 9.59 Å². The number of carboxylic acids is 1. The zero-order valence-corrected chi connectivity index (χ0v) is 15.3. The van der Waals surface area contributed by atoms with Crippen molar-refractivity contribution in [2.75, 3.05) is 24.7 Å². The van der Waals surface area contributed by atoms with E-state index in [0.717, 1.165) is 12.8 Å². The second-order valence-electron chi connectivity index (χ2n) is 4.92. The maximum absolute atomic E-state index is 12.0. The monoisotopic (exact) mass is 373 g/mol. The van der Waals surface area contributed by atoms with Crippen LogP contribution in [0.1, 0.15) is 36.5 Å². The lowest BCUT2D eigenvalue weighted by atomic mass is 10.2. The van der Waals surface area contributed by atoms with E-state index in [-0.39, 0.29) is 23.6 Å². The number of amides is 1. The summed E-state index contributed by atoms with van der Waals surface area (Å²) in [5, 5.41) is 21.2. The van der Waals surface area contributed by atoms with E-state index in [9.17, 15) is 14.7 Å². The summed E-state index contributed by atoms with van der Waals surface area (Å²) in [4.78, 5) is 22.4. The fraction of sp³-hybridized carbons (Fsp3) is 0.500. The highest BCUT2D eigenvalue weighted by molar-refractivity contribution is 8.76. The predicted octanol–water partition coefficient (Wildman–Crippen LogP) is 3.16. The standard InChI is InChI=1S/C16H23NO5S2/c1-2-3-8-22-12-4-5-13(14(18)11-12)16(21)17-7-10-24-23-9-6-15(19)20/h4-5,11,18H,2-3,6-10H2,1H3,(H,17,21)(H,19,20). The Hall–Kier alpha value is -1.54. The van der Waals surface area contributed by atoms with E-state index in [2.05, 4.69) is 12.2 Å². The topological polar surface area (TPSA) is 95.9 Å². The van der Waals surface area contributed by atoms with E-state index in [1.807, 2.05) is 0 Å². The normalized spacial score (nSPS) is 10.4. The Balaban J connectivity index is 2.30. The third-order valence-electron chi connectivity index (χ3n) is 2.93. The molecule has 0 aliphatic heterocycles. The molecule has 0 spiro atoms. The lowest BCUT2D eigenvalue weighted by molar-refractivity contribution is -0.136. The molecule has 0 aromatic heterocycles. The first-order valence-corrected chi connectivity index (χ1v) is 10.2. The number of phenolic OH excluding ortho intramolecular Hbond substituents is 1. The Morgan fingerprint density at radius 2 is 2.00 bits per heavy atom. The first kappa shape index (κ1) is 20.5. The fourth-order valence-corrected chi connectivity index (χ4v) is 3.56. The van der Waals surface area contributed by atoms with E-state index in [4.69, 9.17) is 9.84 Å². The first-order valence-electron chi connectivity index (χ1n) is 7.74. The number of ether oxygens (including phenoxy) is 1. The Bertz CT molecular complexity index is 539. The molecule has 0 aliphatic rings. The van der Waals surface area contributed by atoms with Crippen molar-refractivity contribution in [1.82, 2.24) is 5.32 Å². The van der Waals surface area contributed by atoms with Gasteiger partial charge in [-0.2, -0.15) is 0 Å². The van der Waals surface area contributed by atoms with Gasteiger partial charge in [-0.25, -0.2) is 0 Å². The van der Waals surface area contributed by atoms with E-state index >= 15 is 0 Å². The molecule has 1 amide bonds. The van der Waals surface area contributed by atoms with Crippen molar-refractivity contribution in [1.29, 1.82) is 0 Å². The maximum atomic E-state index is 12.0. The first-order chi connectivity index (χ1) is 11.5. The number of carboxylic acid groups (broad SMARTS) is 1. The third kappa shape index (κ3) is 8.35. The highest BCUT2D eigenvalue weighted by Gasteiger charge is 2.11. The van der Waals surface area contributed by atoms with Crippen molar-refractivity contribution in [3.63, 3.8) is 0 Å². The van der Waals surface area contributed by atoms with Crippen LogP contribution >= 0.6 is 21.6 Å². The van der Waals surface area contributed by atoms with Gasteiger partial charge < -0.3 is 20.3 Å². The average molecular weight is 373 g/mol. The van der Waals surface area contributed by atoms with Crippen molar-refractivity contribution in [2.24, 2.45) is 0 Å². The van der Waals surface area contributed by atoms with Crippen molar-refractivity contribution < 1.29 is 24.5 Å². The molecule has 1 aromatic rings. The van der Waals surface area contributed by atoms with E-state index in [1.165, 1.54) is 27.7 Å². The van der Waals surface area contributed by atoms with Crippen LogP contribution in [0.5, 0.6) is 11.5 Å². The van der Waals surface area contributed by atoms with Gasteiger partial charge >= 0.3 is 5.97 Å². The van der Waals surface area contributed by atoms with Crippen LogP contribution in [0, 0.1) is 0 Å².